The highest BCUT2D eigenvalue weighted by atomic mass is 15.3. The minimum absolute atomic E-state index is 0.349. The Morgan fingerprint density at radius 1 is 1.13 bits per heavy atom. The van der Waals surface area contributed by atoms with E-state index in [1.54, 1.807) is 0 Å². The molecule has 1 aromatic carbocycles. The monoisotopic (exact) mass is 310 g/mol. The maximum Gasteiger partial charge on any atom is 0.0534 e. The molecule has 2 aromatic rings. The first-order valence-corrected chi connectivity index (χ1v) is 8.63. The number of nitrogens with zero attached hydrogens (tertiary/aromatic N) is 4. The third kappa shape index (κ3) is 2.60. The van der Waals surface area contributed by atoms with Gasteiger partial charge in [0.1, 0.15) is 0 Å². The number of hydrogen-bond donors (Lipinski definition) is 0. The van der Waals surface area contributed by atoms with E-state index in [2.05, 4.69) is 58.5 Å². The summed E-state index contributed by atoms with van der Waals surface area (Å²) in [7, 11) is 4.29. The average molecular weight is 310 g/mol. The summed E-state index contributed by atoms with van der Waals surface area (Å²) in [6.45, 7) is 4.55. The summed E-state index contributed by atoms with van der Waals surface area (Å²) < 4.78 is 1.90. The number of likely N-dealkylation sites (tertiary alicyclic amines) is 2. The zero-order valence-corrected chi connectivity index (χ0v) is 14.2. The van der Waals surface area contributed by atoms with Gasteiger partial charge in [0.2, 0.25) is 0 Å². The first-order chi connectivity index (χ1) is 11.2. The van der Waals surface area contributed by atoms with Gasteiger partial charge in [-0.3, -0.25) is 9.58 Å². The second-order valence-electron chi connectivity index (χ2n) is 7.28. The van der Waals surface area contributed by atoms with Gasteiger partial charge in [0, 0.05) is 43.4 Å². The molecule has 2 aliphatic heterocycles. The topological polar surface area (TPSA) is 24.3 Å². The van der Waals surface area contributed by atoms with Crippen LogP contribution in [-0.4, -0.2) is 52.3 Å². The van der Waals surface area contributed by atoms with Crippen molar-refractivity contribution in [3.8, 4) is 0 Å². The molecule has 1 aromatic heterocycles. The van der Waals surface area contributed by atoms with Crippen LogP contribution in [0.4, 0.5) is 0 Å². The van der Waals surface area contributed by atoms with E-state index in [4.69, 9.17) is 0 Å². The van der Waals surface area contributed by atoms with Crippen molar-refractivity contribution in [3.05, 3.63) is 53.9 Å². The van der Waals surface area contributed by atoms with Gasteiger partial charge in [-0.25, -0.2) is 0 Å². The van der Waals surface area contributed by atoms with Gasteiger partial charge < -0.3 is 4.90 Å². The van der Waals surface area contributed by atoms with E-state index in [0.29, 0.717) is 11.5 Å². The molecule has 2 fully saturated rings. The molecule has 4 rings (SSSR count). The van der Waals surface area contributed by atoms with E-state index in [-0.39, 0.29) is 0 Å². The van der Waals surface area contributed by atoms with Crippen molar-refractivity contribution in [2.24, 2.45) is 7.05 Å². The Morgan fingerprint density at radius 3 is 2.65 bits per heavy atom. The van der Waals surface area contributed by atoms with Gasteiger partial charge in [-0.05, 0) is 38.5 Å². The van der Waals surface area contributed by atoms with Gasteiger partial charge in [0.05, 0.1) is 6.20 Å². The number of benzene rings is 1. The number of piperidine rings is 1. The van der Waals surface area contributed by atoms with Crippen LogP contribution >= 0.6 is 0 Å². The highest BCUT2D eigenvalue weighted by Gasteiger charge is 2.49. The van der Waals surface area contributed by atoms with Crippen LogP contribution in [0.15, 0.2) is 42.7 Å². The summed E-state index contributed by atoms with van der Waals surface area (Å²) in [5.74, 6) is 0. The Bertz CT molecular complexity index is 665. The Balaban J connectivity index is 1.55. The van der Waals surface area contributed by atoms with Crippen molar-refractivity contribution in [1.82, 2.24) is 19.6 Å². The lowest BCUT2D eigenvalue weighted by Crippen LogP contribution is -2.54. The molecule has 4 heteroatoms. The molecule has 0 N–H and O–H groups in total. The molecule has 0 bridgehead atoms. The minimum Gasteiger partial charge on any atom is -0.301 e. The van der Waals surface area contributed by atoms with Crippen LogP contribution in [0.3, 0.4) is 0 Å². The van der Waals surface area contributed by atoms with Crippen LogP contribution in [0.5, 0.6) is 0 Å². The van der Waals surface area contributed by atoms with Gasteiger partial charge >= 0.3 is 0 Å². The Hall–Kier alpha value is -1.65. The van der Waals surface area contributed by atoms with Crippen molar-refractivity contribution < 1.29 is 0 Å². The van der Waals surface area contributed by atoms with Crippen LogP contribution in [0, 0.1) is 0 Å². The predicted octanol–water partition coefficient (Wildman–Crippen LogP) is 2.27. The molecule has 122 valence electrons. The quantitative estimate of drug-likeness (QED) is 0.869. The summed E-state index contributed by atoms with van der Waals surface area (Å²) in [5, 5.41) is 4.30. The molecule has 0 saturated carbocycles. The lowest BCUT2D eigenvalue weighted by atomic mass is 9.69. The van der Waals surface area contributed by atoms with Crippen molar-refractivity contribution in [2.45, 2.75) is 30.8 Å². The first kappa shape index (κ1) is 14.9. The van der Waals surface area contributed by atoms with Crippen molar-refractivity contribution >= 4 is 0 Å². The SMILES string of the molecule is CN1CC[C@@]2(c3ccccc3)CCN(Cc3cnn(C)c3)C[C@@H]12. The Labute approximate surface area is 138 Å². The highest BCUT2D eigenvalue weighted by Crippen LogP contribution is 2.45. The molecule has 0 aliphatic carbocycles. The summed E-state index contributed by atoms with van der Waals surface area (Å²) in [4.78, 5) is 5.17. The van der Waals surface area contributed by atoms with Gasteiger partial charge in [0.25, 0.3) is 0 Å². The number of likely N-dealkylation sites (N-methyl/N-ethyl adjacent to an activating group) is 1. The summed E-state index contributed by atoms with van der Waals surface area (Å²) in [6.07, 6.45) is 6.68. The predicted molar refractivity (Wildman–Crippen MR) is 92.3 cm³/mol. The second kappa shape index (κ2) is 5.77. The smallest absolute Gasteiger partial charge is 0.0534 e. The van der Waals surface area contributed by atoms with Gasteiger partial charge in [0.15, 0.2) is 0 Å². The molecular weight excluding hydrogens is 284 g/mol. The third-order valence-corrected chi connectivity index (χ3v) is 5.90. The molecule has 3 heterocycles. The standard InChI is InChI=1S/C19H26N4/c1-21-10-8-19(17-6-4-3-5-7-17)9-11-23(15-18(19)21)14-16-12-20-22(2)13-16/h3-7,12-13,18H,8-11,14-15H2,1-2H3/t18-,19+/m1/s1. The zero-order chi connectivity index (χ0) is 15.9. The number of aromatic nitrogens is 2. The number of aryl methyl sites for hydroxylation is 1. The van der Waals surface area contributed by atoms with E-state index < -0.39 is 0 Å². The minimum atomic E-state index is 0.349. The maximum absolute atomic E-state index is 4.30. The van der Waals surface area contributed by atoms with Gasteiger partial charge in [-0.15, -0.1) is 0 Å². The van der Waals surface area contributed by atoms with Crippen LogP contribution in [0.2, 0.25) is 0 Å². The highest BCUT2D eigenvalue weighted by molar-refractivity contribution is 5.31. The molecule has 2 aliphatic rings. The Kier molecular flexibility index (Phi) is 3.74. The van der Waals surface area contributed by atoms with E-state index in [1.807, 2.05) is 17.9 Å². The number of fused-ring (bicyclic) bond motifs is 1. The van der Waals surface area contributed by atoms with Crippen LogP contribution in [0.1, 0.15) is 24.0 Å². The molecule has 0 spiro atoms. The van der Waals surface area contributed by atoms with Crippen LogP contribution in [-0.2, 0) is 19.0 Å². The van der Waals surface area contributed by atoms with Crippen molar-refractivity contribution in [3.63, 3.8) is 0 Å². The maximum atomic E-state index is 4.30. The normalized spacial score (nSPS) is 28.9. The summed E-state index contributed by atoms with van der Waals surface area (Å²) >= 11 is 0. The molecule has 23 heavy (non-hydrogen) atoms. The van der Waals surface area contributed by atoms with Gasteiger partial charge in [-0.2, -0.15) is 5.10 Å². The average Bonchev–Trinajstić information content (AvgIpc) is 3.13. The molecule has 0 unspecified atom stereocenters. The second-order valence-corrected chi connectivity index (χ2v) is 7.28. The lowest BCUT2D eigenvalue weighted by molar-refractivity contribution is 0.0917. The third-order valence-electron chi connectivity index (χ3n) is 5.90. The first-order valence-electron chi connectivity index (χ1n) is 8.63. The fraction of sp³-hybridized carbons (Fsp3) is 0.526. The molecule has 0 amide bonds. The van der Waals surface area contributed by atoms with Crippen LogP contribution in [0.25, 0.3) is 0 Å². The van der Waals surface area contributed by atoms with E-state index in [0.717, 1.165) is 13.1 Å². The lowest BCUT2D eigenvalue weighted by Gasteiger charge is -2.46. The summed E-state index contributed by atoms with van der Waals surface area (Å²) in [5.41, 5.74) is 3.21. The van der Waals surface area contributed by atoms with Crippen molar-refractivity contribution in [2.75, 3.05) is 26.7 Å². The Morgan fingerprint density at radius 2 is 1.91 bits per heavy atom. The number of rotatable bonds is 3. The van der Waals surface area contributed by atoms with E-state index in [9.17, 15) is 0 Å². The van der Waals surface area contributed by atoms with E-state index in [1.165, 1.54) is 37.1 Å². The summed E-state index contributed by atoms with van der Waals surface area (Å²) in [6, 6.07) is 11.8. The van der Waals surface area contributed by atoms with Gasteiger partial charge in [-0.1, -0.05) is 30.3 Å². The molecule has 0 radical (unpaired) electrons. The molecule has 4 nitrogen and oxygen atoms in total. The zero-order valence-electron chi connectivity index (χ0n) is 14.2. The van der Waals surface area contributed by atoms with E-state index >= 15 is 0 Å². The fourth-order valence-electron chi connectivity index (χ4n) is 4.63. The fourth-order valence-corrected chi connectivity index (χ4v) is 4.63. The molecule has 2 atom stereocenters. The van der Waals surface area contributed by atoms with Crippen molar-refractivity contribution in [1.29, 1.82) is 0 Å². The largest absolute Gasteiger partial charge is 0.301 e. The molecule has 2 saturated heterocycles. The van der Waals surface area contributed by atoms with Crippen LogP contribution < -0.4 is 0 Å². The number of hydrogen-bond acceptors (Lipinski definition) is 3. The molecular formula is C19H26N4.